The molecule has 140 valence electrons. The molecule has 2 aromatic rings. The first-order chi connectivity index (χ1) is 12.4. The van der Waals surface area contributed by atoms with Gasteiger partial charge in [0.05, 0.1) is 11.5 Å². The van der Waals surface area contributed by atoms with Crippen LogP contribution >= 0.6 is 0 Å². The maximum atomic E-state index is 12.7. The zero-order chi connectivity index (χ0) is 19.2. The maximum Gasteiger partial charge on any atom is 0.341 e. The predicted molar refractivity (Wildman–Crippen MR) is 92.7 cm³/mol. The molecule has 0 aliphatic heterocycles. The number of amides is 1. The van der Waals surface area contributed by atoms with E-state index in [4.69, 9.17) is 4.74 Å². The topological polar surface area (TPSA) is 63.7 Å². The van der Waals surface area contributed by atoms with Crippen molar-refractivity contribution in [1.29, 1.82) is 0 Å². The molecule has 2 rings (SSSR count). The Morgan fingerprint density at radius 2 is 1.69 bits per heavy atom. The Morgan fingerprint density at radius 1 is 1.08 bits per heavy atom. The third-order valence-electron chi connectivity index (χ3n) is 3.73. The number of rotatable bonds is 8. The Labute approximate surface area is 151 Å². The molecule has 0 aliphatic rings. The van der Waals surface area contributed by atoms with Crippen molar-refractivity contribution < 1.29 is 26.7 Å². The smallest absolute Gasteiger partial charge is 0.341 e. The highest BCUT2D eigenvalue weighted by molar-refractivity contribution is 7.91. The van der Waals surface area contributed by atoms with Crippen molar-refractivity contribution in [3.8, 4) is 0 Å². The van der Waals surface area contributed by atoms with Crippen LogP contribution in [0.5, 0.6) is 0 Å². The summed E-state index contributed by atoms with van der Waals surface area (Å²) in [7, 11) is -3.16. The van der Waals surface area contributed by atoms with Gasteiger partial charge < -0.3 is 9.64 Å². The standard InChI is InChI=1S/C18H19F2NO4S/c1-25-12-11-21(13-14-5-3-2-4-6-14)17(22)15-7-9-16(10-8-15)26(23,24)18(19)20/h2-10,18H,11-13H2,1H3. The lowest BCUT2D eigenvalue weighted by atomic mass is 10.1. The summed E-state index contributed by atoms with van der Waals surface area (Å²) in [5.41, 5.74) is 1.14. The molecule has 5 nitrogen and oxygen atoms in total. The minimum Gasteiger partial charge on any atom is -0.383 e. The van der Waals surface area contributed by atoms with Gasteiger partial charge in [-0.25, -0.2) is 8.42 Å². The molecule has 1 amide bonds. The molecule has 8 heteroatoms. The van der Waals surface area contributed by atoms with Gasteiger partial charge in [-0.1, -0.05) is 30.3 Å². The van der Waals surface area contributed by atoms with Crippen LogP contribution in [0.3, 0.4) is 0 Å². The van der Waals surface area contributed by atoms with Gasteiger partial charge in [0.2, 0.25) is 9.84 Å². The van der Waals surface area contributed by atoms with E-state index in [0.29, 0.717) is 19.7 Å². The summed E-state index contributed by atoms with van der Waals surface area (Å²) >= 11 is 0. The molecular formula is C18H19F2NO4S. The van der Waals surface area contributed by atoms with Gasteiger partial charge in [-0.05, 0) is 29.8 Å². The fraction of sp³-hybridized carbons (Fsp3) is 0.278. The zero-order valence-electron chi connectivity index (χ0n) is 14.1. The van der Waals surface area contributed by atoms with Gasteiger partial charge in [-0.15, -0.1) is 0 Å². The van der Waals surface area contributed by atoms with E-state index in [9.17, 15) is 22.0 Å². The third-order valence-corrected chi connectivity index (χ3v) is 5.13. The fourth-order valence-corrected chi connectivity index (χ4v) is 3.05. The maximum absolute atomic E-state index is 12.7. The van der Waals surface area contributed by atoms with Crippen molar-refractivity contribution in [3.05, 3.63) is 65.7 Å². The average Bonchev–Trinajstić information content (AvgIpc) is 2.65. The zero-order valence-corrected chi connectivity index (χ0v) is 15.0. The van der Waals surface area contributed by atoms with Crippen molar-refractivity contribution in [2.75, 3.05) is 20.3 Å². The molecule has 0 saturated heterocycles. The monoisotopic (exact) mass is 383 g/mol. The molecule has 0 unspecified atom stereocenters. The second-order valence-corrected chi connectivity index (χ2v) is 7.45. The van der Waals surface area contributed by atoms with Crippen molar-refractivity contribution in [2.45, 2.75) is 17.2 Å². The Morgan fingerprint density at radius 3 is 2.23 bits per heavy atom. The van der Waals surface area contributed by atoms with Gasteiger partial charge in [0.15, 0.2) is 0 Å². The highest BCUT2D eigenvalue weighted by Gasteiger charge is 2.27. The van der Waals surface area contributed by atoms with E-state index in [1.807, 2.05) is 30.3 Å². The van der Waals surface area contributed by atoms with Gasteiger partial charge >= 0.3 is 5.76 Å². The summed E-state index contributed by atoms with van der Waals surface area (Å²) in [6, 6.07) is 13.9. The number of methoxy groups -OCH3 is 1. The molecule has 0 spiro atoms. The normalized spacial score (nSPS) is 11.5. The number of benzene rings is 2. The first kappa shape index (κ1) is 20.0. The first-order valence-electron chi connectivity index (χ1n) is 7.80. The van der Waals surface area contributed by atoms with Gasteiger partial charge in [-0.3, -0.25) is 4.79 Å². The van der Waals surface area contributed by atoms with E-state index in [1.165, 1.54) is 19.2 Å². The van der Waals surface area contributed by atoms with Gasteiger partial charge in [0.25, 0.3) is 5.91 Å². The Balaban J connectivity index is 2.22. The minimum absolute atomic E-state index is 0.213. The van der Waals surface area contributed by atoms with E-state index in [-0.39, 0.29) is 11.5 Å². The number of ether oxygens (including phenoxy) is 1. The number of carbonyl (C=O) groups excluding carboxylic acids is 1. The summed E-state index contributed by atoms with van der Waals surface area (Å²) in [6.07, 6.45) is 0. The largest absolute Gasteiger partial charge is 0.383 e. The Hall–Kier alpha value is -2.32. The van der Waals surface area contributed by atoms with Crippen molar-refractivity contribution in [2.24, 2.45) is 0 Å². The summed E-state index contributed by atoms with van der Waals surface area (Å²) in [6.45, 7) is 1.01. The van der Waals surface area contributed by atoms with E-state index < -0.39 is 20.5 Å². The second-order valence-electron chi connectivity index (χ2n) is 5.54. The summed E-state index contributed by atoms with van der Waals surface area (Å²) in [4.78, 5) is 13.8. The lowest BCUT2D eigenvalue weighted by Crippen LogP contribution is -2.33. The number of alkyl halides is 2. The quantitative estimate of drug-likeness (QED) is 0.703. The number of hydrogen-bond donors (Lipinski definition) is 0. The molecule has 0 aliphatic carbocycles. The number of halogens is 2. The molecule has 0 heterocycles. The van der Waals surface area contributed by atoms with Crippen molar-refractivity contribution >= 4 is 15.7 Å². The molecule has 0 saturated carbocycles. The van der Waals surface area contributed by atoms with Crippen LogP contribution in [0.2, 0.25) is 0 Å². The fourth-order valence-electron chi connectivity index (χ4n) is 2.33. The molecule has 0 N–H and O–H groups in total. The van der Waals surface area contributed by atoms with Crippen LogP contribution < -0.4 is 0 Å². The van der Waals surface area contributed by atoms with Gasteiger partial charge in [0, 0.05) is 25.8 Å². The van der Waals surface area contributed by atoms with Crippen molar-refractivity contribution in [1.82, 2.24) is 4.90 Å². The highest BCUT2D eigenvalue weighted by atomic mass is 32.2. The van der Waals surface area contributed by atoms with Crippen LogP contribution in [-0.4, -0.2) is 45.2 Å². The molecule has 2 aromatic carbocycles. The van der Waals surface area contributed by atoms with Crippen LogP contribution in [0, 0.1) is 0 Å². The predicted octanol–water partition coefficient (Wildman–Crippen LogP) is 2.97. The van der Waals surface area contributed by atoms with E-state index in [0.717, 1.165) is 17.7 Å². The van der Waals surface area contributed by atoms with Gasteiger partial charge in [0.1, 0.15) is 0 Å². The lowest BCUT2D eigenvalue weighted by molar-refractivity contribution is 0.0680. The molecule has 0 atom stereocenters. The van der Waals surface area contributed by atoms with E-state index in [2.05, 4.69) is 0 Å². The third kappa shape index (κ3) is 4.86. The highest BCUT2D eigenvalue weighted by Crippen LogP contribution is 2.19. The molecular weight excluding hydrogens is 364 g/mol. The first-order valence-corrected chi connectivity index (χ1v) is 9.35. The van der Waals surface area contributed by atoms with Gasteiger partial charge in [-0.2, -0.15) is 8.78 Å². The number of sulfone groups is 1. The molecule has 0 aromatic heterocycles. The number of carbonyl (C=O) groups is 1. The molecule has 0 radical (unpaired) electrons. The van der Waals surface area contributed by atoms with Crippen molar-refractivity contribution in [3.63, 3.8) is 0 Å². The number of hydrogen-bond acceptors (Lipinski definition) is 4. The Bertz CT molecular complexity index is 824. The summed E-state index contributed by atoms with van der Waals surface area (Å²) < 4.78 is 53.1. The minimum atomic E-state index is -4.68. The van der Waals surface area contributed by atoms with E-state index in [1.54, 1.807) is 4.90 Å². The molecule has 0 bridgehead atoms. The number of nitrogens with zero attached hydrogens (tertiary/aromatic N) is 1. The SMILES string of the molecule is COCCN(Cc1ccccc1)C(=O)c1ccc(S(=O)(=O)C(F)F)cc1. The summed E-state index contributed by atoms with van der Waals surface area (Å²) in [5.74, 6) is -3.84. The Kier molecular flexibility index (Phi) is 6.82. The molecule has 0 fully saturated rings. The van der Waals surface area contributed by atoms with Crippen LogP contribution in [0.1, 0.15) is 15.9 Å². The second kappa shape index (κ2) is 8.86. The van der Waals surface area contributed by atoms with Crippen LogP contribution in [-0.2, 0) is 21.1 Å². The van der Waals surface area contributed by atoms with Crippen LogP contribution in [0.4, 0.5) is 8.78 Å². The lowest BCUT2D eigenvalue weighted by Gasteiger charge is -2.23. The molecule has 26 heavy (non-hydrogen) atoms. The van der Waals surface area contributed by atoms with E-state index >= 15 is 0 Å². The average molecular weight is 383 g/mol. The summed E-state index contributed by atoms with van der Waals surface area (Å²) in [5, 5.41) is 0. The van der Waals surface area contributed by atoms with Crippen LogP contribution in [0.25, 0.3) is 0 Å². The van der Waals surface area contributed by atoms with Crippen LogP contribution in [0.15, 0.2) is 59.5 Å².